The predicted molar refractivity (Wildman–Crippen MR) is 105 cm³/mol. The second-order valence-corrected chi connectivity index (χ2v) is 8.56. The fourth-order valence-corrected chi connectivity index (χ4v) is 5.65. The van der Waals surface area contributed by atoms with Gasteiger partial charge >= 0.3 is 0 Å². The molecule has 4 heterocycles. The molecule has 0 atom stereocenters. The van der Waals surface area contributed by atoms with Crippen molar-refractivity contribution < 1.29 is 4.42 Å². The van der Waals surface area contributed by atoms with Crippen LogP contribution in [0.5, 0.6) is 0 Å². The summed E-state index contributed by atoms with van der Waals surface area (Å²) in [5, 5.41) is 10.9. The van der Waals surface area contributed by atoms with Gasteiger partial charge in [-0.2, -0.15) is 0 Å². The molecule has 0 spiro atoms. The van der Waals surface area contributed by atoms with E-state index in [1.165, 1.54) is 46.9 Å². The summed E-state index contributed by atoms with van der Waals surface area (Å²) < 4.78 is 5.85. The summed E-state index contributed by atoms with van der Waals surface area (Å²) >= 11 is 3.24. The molecular formula is C19H17N5OS2. The molecule has 0 aliphatic heterocycles. The van der Waals surface area contributed by atoms with E-state index in [0.29, 0.717) is 11.1 Å². The van der Waals surface area contributed by atoms with E-state index in [2.05, 4.69) is 20.2 Å². The Balaban J connectivity index is 1.55. The number of rotatable bonds is 3. The molecule has 0 amide bonds. The molecule has 8 heteroatoms. The van der Waals surface area contributed by atoms with E-state index in [0.717, 1.165) is 34.1 Å². The Labute approximate surface area is 164 Å². The molecule has 4 aromatic rings. The summed E-state index contributed by atoms with van der Waals surface area (Å²) in [6.45, 7) is 1.93. The Morgan fingerprint density at radius 2 is 2.04 bits per heavy atom. The zero-order valence-corrected chi connectivity index (χ0v) is 16.4. The van der Waals surface area contributed by atoms with Crippen LogP contribution in [0.25, 0.3) is 21.7 Å². The molecule has 6 nitrogen and oxygen atoms in total. The molecule has 136 valence electrons. The Bertz CT molecular complexity index is 1110. The van der Waals surface area contributed by atoms with E-state index in [-0.39, 0.29) is 0 Å². The molecule has 0 saturated heterocycles. The minimum Gasteiger partial charge on any atom is -0.411 e. The van der Waals surface area contributed by atoms with Crippen molar-refractivity contribution >= 4 is 33.3 Å². The van der Waals surface area contributed by atoms with Crippen LogP contribution in [-0.2, 0) is 12.8 Å². The first-order valence-electron chi connectivity index (χ1n) is 8.98. The Kier molecular flexibility index (Phi) is 4.37. The number of pyridine rings is 1. The Morgan fingerprint density at radius 3 is 2.93 bits per heavy atom. The fraction of sp³-hybridized carbons (Fsp3) is 0.316. The quantitative estimate of drug-likeness (QED) is 0.362. The van der Waals surface area contributed by atoms with Gasteiger partial charge in [-0.3, -0.25) is 4.98 Å². The first-order valence-corrected chi connectivity index (χ1v) is 10.6. The molecule has 0 fully saturated rings. The molecule has 0 N–H and O–H groups in total. The van der Waals surface area contributed by atoms with E-state index in [1.54, 1.807) is 12.4 Å². The summed E-state index contributed by atoms with van der Waals surface area (Å²) in [6.07, 6.45) is 9.45. The van der Waals surface area contributed by atoms with Gasteiger partial charge in [0.05, 0.1) is 5.56 Å². The molecular weight excluding hydrogens is 378 g/mol. The molecule has 1 aliphatic carbocycles. The summed E-state index contributed by atoms with van der Waals surface area (Å²) in [7, 11) is 0. The number of hydrogen-bond donors (Lipinski definition) is 0. The topological polar surface area (TPSA) is 77.6 Å². The minimum atomic E-state index is 0.469. The van der Waals surface area contributed by atoms with Gasteiger partial charge in [0.1, 0.15) is 15.7 Å². The van der Waals surface area contributed by atoms with Gasteiger partial charge < -0.3 is 4.42 Å². The van der Waals surface area contributed by atoms with Crippen molar-refractivity contribution in [1.82, 2.24) is 25.1 Å². The lowest BCUT2D eigenvalue weighted by molar-refractivity contribution is 0.465. The third-order valence-corrected chi connectivity index (χ3v) is 6.66. The third kappa shape index (κ3) is 3.23. The average Bonchev–Trinajstić information content (AvgIpc) is 3.20. The van der Waals surface area contributed by atoms with Crippen LogP contribution in [0.1, 0.15) is 35.5 Å². The maximum Gasteiger partial charge on any atom is 0.283 e. The van der Waals surface area contributed by atoms with Gasteiger partial charge in [-0.05, 0) is 62.1 Å². The van der Waals surface area contributed by atoms with Crippen LogP contribution in [0.4, 0.5) is 0 Å². The number of nitrogens with zero attached hydrogens (tertiary/aromatic N) is 5. The van der Waals surface area contributed by atoms with Crippen molar-refractivity contribution in [3.05, 3.63) is 40.8 Å². The van der Waals surface area contributed by atoms with Gasteiger partial charge in [-0.1, -0.05) is 6.42 Å². The molecule has 0 radical (unpaired) electrons. The number of fused-ring (bicyclic) bond motifs is 3. The van der Waals surface area contributed by atoms with E-state index in [1.807, 2.05) is 30.4 Å². The zero-order chi connectivity index (χ0) is 18.2. The second kappa shape index (κ2) is 7.01. The van der Waals surface area contributed by atoms with Crippen LogP contribution in [0.15, 0.2) is 39.2 Å². The van der Waals surface area contributed by atoms with Crippen molar-refractivity contribution in [3.8, 4) is 11.5 Å². The summed E-state index contributed by atoms with van der Waals surface area (Å²) in [5.41, 5.74) is 2.23. The van der Waals surface area contributed by atoms with Crippen LogP contribution in [0, 0.1) is 6.92 Å². The summed E-state index contributed by atoms with van der Waals surface area (Å²) in [4.78, 5) is 16.0. The monoisotopic (exact) mass is 395 g/mol. The highest BCUT2D eigenvalue weighted by Crippen LogP contribution is 2.41. The number of aromatic nitrogens is 5. The fourth-order valence-electron chi connectivity index (χ4n) is 3.42. The van der Waals surface area contributed by atoms with Crippen LogP contribution in [0.3, 0.4) is 0 Å². The zero-order valence-electron chi connectivity index (χ0n) is 14.8. The van der Waals surface area contributed by atoms with Crippen molar-refractivity contribution in [3.63, 3.8) is 0 Å². The van der Waals surface area contributed by atoms with Crippen molar-refractivity contribution in [2.24, 2.45) is 0 Å². The lowest BCUT2D eigenvalue weighted by atomic mass is 10.1. The predicted octanol–water partition coefficient (Wildman–Crippen LogP) is 4.86. The third-order valence-electron chi connectivity index (χ3n) is 4.64. The van der Waals surface area contributed by atoms with Crippen LogP contribution in [-0.4, -0.2) is 25.1 Å². The van der Waals surface area contributed by atoms with Gasteiger partial charge in [0.2, 0.25) is 5.89 Å². The van der Waals surface area contributed by atoms with E-state index in [4.69, 9.17) is 9.40 Å². The molecule has 1 aliphatic rings. The van der Waals surface area contributed by atoms with Crippen molar-refractivity contribution in [2.45, 2.75) is 49.3 Å². The Morgan fingerprint density at radius 1 is 1.11 bits per heavy atom. The molecule has 4 aromatic heterocycles. The van der Waals surface area contributed by atoms with Gasteiger partial charge in [-0.15, -0.1) is 21.5 Å². The summed E-state index contributed by atoms with van der Waals surface area (Å²) in [5.74, 6) is 1.24. The van der Waals surface area contributed by atoms with Crippen LogP contribution in [0.2, 0.25) is 0 Å². The largest absolute Gasteiger partial charge is 0.411 e. The smallest absolute Gasteiger partial charge is 0.283 e. The SMILES string of the molecule is Cc1nc(Sc2nnc(-c3cccnc3)o2)c2c3c(sc2n1)CCCCC3. The van der Waals surface area contributed by atoms with Gasteiger partial charge in [-0.25, -0.2) is 9.97 Å². The Hall–Kier alpha value is -2.32. The highest BCUT2D eigenvalue weighted by molar-refractivity contribution is 7.99. The highest BCUT2D eigenvalue weighted by Gasteiger charge is 2.22. The minimum absolute atomic E-state index is 0.469. The molecule has 0 bridgehead atoms. The maximum absolute atomic E-state index is 5.85. The summed E-state index contributed by atoms with van der Waals surface area (Å²) in [6, 6.07) is 3.76. The van der Waals surface area contributed by atoms with Crippen molar-refractivity contribution in [2.75, 3.05) is 0 Å². The van der Waals surface area contributed by atoms with E-state index < -0.39 is 0 Å². The van der Waals surface area contributed by atoms with E-state index in [9.17, 15) is 0 Å². The van der Waals surface area contributed by atoms with Gasteiger partial charge in [0.25, 0.3) is 5.22 Å². The highest BCUT2D eigenvalue weighted by atomic mass is 32.2. The number of aryl methyl sites for hydroxylation is 3. The normalized spacial score (nSPS) is 14.3. The molecule has 0 aromatic carbocycles. The molecule has 27 heavy (non-hydrogen) atoms. The number of hydrogen-bond acceptors (Lipinski definition) is 8. The maximum atomic E-state index is 5.85. The van der Waals surface area contributed by atoms with E-state index >= 15 is 0 Å². The standard InChI is InChI=1S/C19H17N5OS2/c1-11-21-17-15(13-7-3-2-4-8-14(13)26-17)18(22-11)27-19-24-23-16(25-19)12-6-5-9-20-10-12/h5-6,9-10H,2-4,7-8H2,1H3. The molecule has 5 rings (SSSR count). The number of thiophene rings is 1. The molecule has 0 saturated carbocycles. The van der Waals surface area contributed by atoms with Crippen LogP contribution < -0.4 is 0 Å². The first kappa shape index (κ1) is 16.8. The van der Waals surface area contributed by atoms with Crippen LogP contribution >= 0.6 is 23.1 Å². The van der Waals surface area contributed by atoms with Gasteiger partial charge in [0, 0.05) is 22.7 Å². The van der Waals surface area contributed by atoms with Gasteiger partial charge in [0.15, 0.2) is 0 Å². The average molecular weight is 396 g/mol. The second-order valence-electron chi connectivity index (χ2n) is 6.54. The molecule has 0 unspecified atom stereocenters. The lowest BCUT2D eigenvalue weighted by Gasteiger charge is -2.04. The van der Waals surface area contributed by atoms with Crippen molar-refractivity contribution in [1.29, 1.82) is 0 Å². The first-order chi connectivity index (χ1) is 13.3. The lowest BCUT2D eigenvalue weighted by Crippen LogP contribution is -1.93.